The normalized spacial score (nSPS) is 11.4. The van der Waals surface area contributed by atoms with Crippen LogP contribution in [0.25, 0.3) is 0 Å². The van der Waals surface area contributed by atoms with Crippen LogP contribution in [0.4, 0.5) is 10.2 Å². The van der Waals surface area contributed by atoms with E-state index in [1.165, 1.54) is 6.20 Å². The van der Waals surface area contributed by atoms with Crippen molar-refractivity contribution in [1.29, 1.82) is 0 Å². The summed E-state index contributed by atoms with van der Waals surface area (Å²) in [6, 6.07) is 1.13. The van der Waals surface area contributed by atoms with Crippen LogP contribution in [0.3, 0.4) is 0 Å². The lowest BCUT2D eigenvalue weighted by molar-refractivity contribution is 0.589. The Kier molecular flexibility index (Phi) is 4.45. The Bertz CT molecular complexity index is 466. The third kappa shape index (κ3) is 4.73. The highest BCUT2D eigenvalue weighted by atomic mass is 35.5. The minimum absolute atomic E-state index is 0.0414. The number of hydrogen-bond acceptors (Lipinski definition) is 4. The van der Waals surface area contributed by atoms with Gasteiger partial charge < -0.3 is 5.32 Å². The van der Waals surface area contributed by atoms with Gasteiger partial charge in [-0.3, -0.25) is 0 Å². The maximum absolute atomic E-state index is 13.2. The van der Waals surface area contributed by atoms with Crippen molar-refractivity contribution >= 4 is 27.4 Å². The van der Waals surface area contributed by atoms with Crippen LogP contribution in [0, 0.1) is 5.82 Å². The quantitative estimate of drug-likeness (QED) is 0.776. The first-order chi connectivity index (χ1) is 7.38. The zero-order valence-corrected chi connectivity index (χ0v) is 10.1. The zero-order valence-electron chi connectivity index (χ0n) is 8.50. The van der Waals surface area contributed by atoms with Crippen LogP contribution in [0.5, 0.6) is 0 Å². The minimum atomic E-state index is -3.22. The average Bonchev–Trinajstić information content (AvgIpc) is 2.13. The molecule has 0 spiro atoms. The monoisotopic (exact) mass is 267 g/mol. The average molecular weight is 268 g/mol. The number of nitrogens with one attached hydrogen (secondary N) is 2. The summed E-state index contributed by atoms with van der Waals surface area (Å²) >= 11 is 5.52. The summed E-state index contributed by atoms with van der Waals surface area (Å²) in [5.41, 5.74) is 0. The molecule has 0 radical (unpaired) electrons. The second-order valence-electron chi connectivity index (χ2n) is 3.08. The Balaban J connectivity index is 2.43. The summed E-state index contributed by atoms with van der Waals surface area (Å²) in [6.45, 7) is 0.390. The van der Waals surface area contributed by atoms with E-state index >= 15 is 0 Å². The van der Waals surface area contributed by atoms with Crippen LogP contribution in [0.15, 0.2) is 12.3 Å². The molecule has 1 aromatic rings. The second-order valence-corrected chi connectivity index (χ2v) is 5.35. The van der Waals surface area contributed by atoms with Crippen LogP contribution in [-0.2, 0) is 10.0 Å². The molecule has 1 heterocycles. The number of halogens is 2. The van der Waals surface area contributed by atoms with Crippen molar-refractivity contribution in [3.05, 3.63) is 23.1 Å². The van der Waals surface area contributed by atoms with Crippen molar-refractivity contribution in [2.24, 2.45) is 0 Å². The Morgan fingerprint density at radius 2 is 2.19 bits per heavy atom. The molecule has 0 aliphatic rings. The molecule has 0 unspecified atom stereocenters. The van der Waals surface area contributed by atoms with E-state index in [4.69, 9.17) is 11.6 Å². The summed E-state index contributed by atoms with van der Waals surface area (Å²) in [4.78, 5) is 3.72. The van der Waals surface area contributed by atoms with E-state index in [-0.39, 0.29) is 23.9 Å². The third-order valence-corrected chi connectivity index (χ3v) is 2.52. The molecule has 0 aromatic carbocycles. The van der Waals surface area contributed by atoms with Crippen molar-refractivity contribution in [2.75, 3.05) is 24.7 Å². The van der Waals surface area contributed by atoms with E-state index in [9.17, 15) is 12.8 Å². The number of anilines is 1. The molecule has 8 heteroatoms. The molecule has 2 N–H and O–H groups in total. The van der Waals surface area contributed by atoms with Crippen LogP contribution < -0.4 is 10.0 Å². The van der Waals surface area contributed by atoms with Gasteiger partial charge in [0.2, 0.25) is 10.0 Å². The highest BCUT2D eigenvalue weighted by molar-refractivity contribution is 7.88. The fraction of sp³-hybridized carbons (Fsp3) is 0.375. The van der Waals surface area contributed by atoms with E-state index in [1.54, 1.807) is 0 Å². The van der Waals surface area contributed by atoms with Gasteiger partial charge in [-0.1, -0.05) is 11.6 Å². The summed E-state index contributed by atoms with van der Waals surface area (Å²) in [5, 5.41) is 2.85. The van der Waals surface area contributed by atoms with Crippen molar-refractivity contribution in [2.45, 2.75) is 0 Å². The van der Waals surface area contributed by atoms with Gasteiger partial charge in [0.15, 0.2) is 11.6 Å². The molecular formula is C8H11ClFN3O2S. The fourth-order valence-electron chi connectivity index (χ4n) is 0.962. The van der Waals surface area contributed by atoms with E-state index in [0.29, 0.717) is 0 Å². The lowest BCUT2D eigenvalue weighted by atomic mass is 10.4. The number of aromatic nitrogens is 1. The van der Waals surface area contributed by atoms with E-state index < -0.39 is 15.8 Å². The molecular weight excluding hydrogens is 257 g/mol. The van der Waals surface area contributed by atoms with Gasteiger partial charge in [-0.2, -0.15) is 0 Å². The smallest absolute Gasteiger partial charge is 0.208 e. The van der Waals surface area contributed by atoms with Gasteiger partial charge in [0.1, 0.15) is 0 Å². The molecule has 0 amide bonds. The molecule has 16 heavy (non-hydrogen) atoms. The molecule has 1 aromatic heterocycles. The topological polar surface area (TPSA) is 71.1 Å². The molecule has 0 bridgehead atoms. The van der Waals surface area contributed by atoms with Gasteiger partial charge in [0, 0.05) is 19.3 Å². The summed E-state index contributed by atoms with van der Waals surface area (Å²) in [6.07, 6.45) is 2.35. The van der Waals surface area contributed by atoms with Gasteiger partial charge in [0.25, 0.3) is 0 Å². The second kappa shape index (κ2) is 5.42. The first-order valence-corrected chi connectivity index (χ1v) is 6.65. The van der Waals surface area contributed by atoms with Gasteiger partial charge in [-0.15, -0.1) is 0 Å². The number of sulfonamides is 1. The number of hydrogen-bond donors (Lipinski definition) is 2. The van der Waals surface area contributed by atoms with Gasteiger partial charge >= 0.3 is 0 Å². The van der Waals surface area contributed by atoms with Crippen molar-refractivity contribution in [3.63, 3.8) is 0 Å². The summed E-state index contributed by atoms with van der Waals surface area (Å²) in [5.74, 6) is -0.536. The van der Waals surface area contributed by atoms with E-state index in [1.807, 2.05) is 0 Å². The van der Waals surface area contributed by atoms with Crippen molar-refractivity contribution in [3.8, 4) is 0 Å². The Morgan fingerprint density at radius 1 is 1.50 bits per heavy atom. The van der Waals surface area contributed by atoms with Crippen LogP contribution in [0.1, 0.15) is 0 Å². The maximum atomic E-state index is 13.2. The predicted molar refractivity (Wildman–Crippen MR) is 60.5 cm³/mol. The molecule has 0 saturated carbocycles. The maximum Gasteiger partial charge on any atom is 0.208 e. The molecule has 0 atom stereocenters. The molecule has 0 saturated heterocycles. The summed E-state index contributed by atoms with van der Waals surface area (Å²) in [7, 11) is -3.22. The third-order valence-electron chi connectivity index (χ3n) is 1.59. The van der Waals surface area contributed by atoms with Gasteiger partial charge in [-0.25, -0.2) is 22.5 Å². The van der Waals surface area contributed by atoms with Crippen molar-refractivity contribution < 1.29 is 12.8 Å². The minimum Gasteiger partial charge on any atom is -0.366 e. The highest BCUT2D eigenvalue weighted by Crippen LogP contribution is 2.14. The van der Waals surface area contributed by atoms with Crippen molar-refractivity contribution in [1.82, 2.24) is 9.71 Å². The van der Waals surface area contributed by atoms with Crippen LogP contribution in [0.2, 0.25) is 5.02 Å². The van der Waals surface area contributed by atoms with Crippen LogP contribution in [-0.4, -0.2) is 32.7 Å². The molecule has 1 rings (SSSR count). The zero-order chi connectivity index (χ0) is 12.2. The van der Waals surface area contributed by atoms with E-state index in [0.717, 1.165) is 12.3 Å². The Hall–Kier alpha value is -0.920. The molecule has 0 aliphatic heterocycles. The Morgan fingerprint density at radius 3 is 2.75 bits per heavy atom. The summed E-state index contributed by atoms with van der Waals surface area (Å²) < 4.78 is 36.8. The van der Waals surface area contributed by atoms with Gasteiger partial charge in [0.05, 0.1) is 11.3 Å². The molecule has 90 valence electrons. The number of rotatable bonds is 5. The molecule has 0 fully saturated rings. The lowest BCUT2D eigenvalue weighted by Crippen LogP contribution is -2.27. The fourth-order valence-corrected chi connectivity index (χ4v) is 1.58. The first-order valence-electron chi connectivity index (χ1n) is 4.38. The first kappa shape index (κ1) is 13.1. The molecule has 5 nitrogen and oxygen atoms in total. The molecule has 0 aliphatic carbocycles. The predicted octanol–water partition coefficient (Wildman–Crippen LogP) is 0.835. The van der Waals surface area contributed by atoms with Crippen LogP contribution >= 0.6 is 11.6 Å². The lowest BCUT2D eigenvalue weighted by Gasteiger charge is -2.06. The highest BCUT2D eigenvalue weighted by Gasteiger charge is 2.04. The Labute approximate surface area is 98.1 Å². The largest absolute Gasteiger partial charge is 0.366 e. The number of nitrogens with zero attached hydrogens (tertiary/aromatic N) is 1. The standard InChI is InChI=1S/C8H11ClFN3O2S/c1-16(14,15)13-3-2-11-8-7(10)4-6(9)5-12-8/h4-5,13H,2-3H2,1H3,(H,11,12). The SMILES string of the molecule is CS(=O)(=O)NCCNc1ncc(Cl)cc1F. The van der Waals surface area contributed by atoms with Gasteiger partial charge in [-0.05, 0) is 6.07 Å². The number of pyridine rings is 1. The van der Waals surface area contributed by atoms with E-state index in [2.05, 4.69) is 15.0 Å².